The Balaban J connectivity index is 1.23. The minimum absolute atomic E-state index is 0.00459. The summed E-state index contributed by atoms with van der Waals surface area (Å²) in [5, 5.41) is 69.2. The molecule has 5 aliphatic rings. The van der Waals surface area contributed by atoms with Crippen molar-refractivity contribution in [3.63, 3.8) is 0 Å². The van der Waals surface area contributed by atoms with Gasteiger partial charge in [-0.05, 0) is 48.4 Å². The van der Waals surface area contributed by atoms with Crippen molar-refractivity contribution in [3.05, 3.63) is 65.7 Å². The number of hydrogen-bond acceptors (Lipinski definition) is 14. The third kappa shape index (κ3) is 4.62. The van der Waals surface area contributed by atoms with Crippen LogP contribution in [-0.2, 0) is 9.53 Å². The second-order valence-corrected chi connectivity index (χ2v) is 13.0. The molecule has 5 heterocycles. The van der Waals surface area contributed by atoms with Crippen molar-refractivity contribution >= 4 is 11.7 Å². The van der Waals surface area contributed by atoms with Crippen LogP contribution in [0.15, 0.2) is 54.6 Å². The second-order valence-electron chi connectivity index (χ2n) is 13.0. The fourth-order valence-corrected chi connectivity index (χ4v) is 7.54. The molecule has 1 spiro atoms. The number of benzene rings is 3. The van der Waals surface area contributed by atoms with Crippen LogP contribution in [0.25, 0.3) is 11.1 Å². The maximum Gasteiger partial charge on any atom is 0.343 e. The lowest BCUT2D eigenvalue weighted by atomic mass is 9.76. The van der Waals surface area contributed by atoms with Crippen LogP contribution in [0.5, 0.6) is 34.5 Å². The third-order valence-electron chi connectivity index (χ3n) is 9.92. The van der Waals surface area contributed by atoms with Crippen molar-refractivity contribution in [2.75, 3.05) is 32.3 Å². The van der Waals surface area contributed by atoms with E-state index in [1.54, 1.807) is 37.3 Å². The zero-order valence-electron chi connectivity index (χ0n) is 26.9. The molecule has 0 aromatic heterocycles. The SMILES string of the molecule is COc1c(OCNC[C@H](C)O)ccc2c1O[C@@H]1c3c(-c4cccc(O)c4)cc4c(c3OC[C@@H]21)N[C@H]1C=C[C@@]2(C(=O)O)O[C@@]1(O4)[C@H](O)[C@@H](O)[C@@H]2O. The van der Waals surface area contributed by atoms with Crippen molar-refractivity contribution in [3.8, 4) is 45.6 Å². The lowest BCUT2D eigenvalue weighted by Gasteiger charge is -2.57. The summed E-state index contributed by atoms with van der Waals surface area (Å²) in [4.78, 5) is 12.4. The number of aliphatic carboxylic acids is 1. The predicted molar refractivity (Wildman–Crippen MR) is 173 cm³/mol. The number of carboxylic acid groups (broad SMARTS) is 1. The standard InChI is InChI=1S/C35H36N2O13/c1-15(38)12-36-14-47-21-7-6-18-20-13-46-30-24(27(20)48-28(18)29(21)45-2)19(16-4-3-5-17(39)10-16)11-22-25(30)37-23-8-9-34(33(43)44)31(41)26(40)32(42)35(23,49-22)50-34/h3-11,15,20,23,26-27,31-32,36-42H,12-14H2,1-2H3,(H,43,44)/t15-,20-,23-,26-,27-,31-,32+,34+,35+/m0/s1. The van der Waals surface area contributed by atoms with Gasteiger partial charge in [0.1, 0.15) is 42.5 Å². The van der Waals surface area contributed by atoms with Crippen molar-refractivity contribution in [1.29, 1.82) is 0 Å². The highest BCUT2D eigenvalue weighted by molar-refractivity contribution is 5.85. The molecule has 8 rings (SSSR count). The van der Waals surface area contributed by atoms with Gasteiger partial charge < -0.3 is 64.4 Å². The van der Waals surface area contributed by atoms with Gasteiger partial charge in [-0.3, -0.25) is 5.32 Å². The van der Waals surface area contributed by atoms with E-state index in [2.05, 4.69) is 10.6 Å². The topological polar surface area (TPSA) is 218 Å². The van der Waals surface area contributed by atoms with E-state index in [0.29, 0.717) is 51.9 Å². The van der Waals surface area contributed by atoms with E-state index in [1.165, 1.54) is 19.3 Å². The molecule has 3 aromatic carbocycles. The van der Waals surface area contributed by atoms with E-state index in [1.807, 2.05) is 6.07 Å². The van der Waals surface area contributed by atoms with Crippen LogP contribution in [0.3, 0.4) is 0 Å². The van der Waals surface area contributed by atoms with E-state index in [0.717, 1.165) is 11.6 Å². The molecule has 3 aromatic rings. The molecule has 1 saturated heterocycles. The van der Waals surface area contributed by atoms with Crippen LogP contribution in [-0.4, -0.2) is 105 Å². The van der Waals surface area contributed by atoms with Gasteiger partial charge in [0.05, 0.1) is 25.7 Å². The van der Waals surface area contributed by atoms with Gasteiger partial charge in [0.2, 0.25) is 11.4 Å². The number of carboxylic acids is 1. The van der Waals surface area contributed by atoms with Crippen molar-refractivity contribution in [2.45, 2.75) is 60.8 Å². The molecule has 15 nitrogen and oxygen atoms in total. The van der Waals surface area contributed by atoms with Crippen molar-refractivity contribution in [2.24, 2.45) is 0 Å². The number of nitrogens with one attached hydrogen (secondary N) is 2. The number of aliphatic hydroxyl groups is 4. The zero-order valence-corrected chi connectivity index (χ0v) is 26.9. The number of fused-ring (bicyclic) bond motifs is 8. The van der Waals surface area contributed by atoms with Crippen LogP contribution in [0.2, 0.25) is 0 Å². The Kier molecular flexibility index (Phi) is 7.56. The molecule has 2 bridgehead atoms. The highest BCUT2D eigenvalue weighted by atomic mass is 16.7. The minimum Gasteiger partial charge on any atom is -0.508 e. The molecule has 264 valence electrons. The van der Waals surface area contributed by atoms with Crippen LogP contribution < -0.4 is 34.3 Å². The molecule has 5 aliphatic heterocycles. The van der Waals surface area contributed by atoms with Gasteiger partial charge in [-0.15, -0.1) is 0 Å². The number of anilines is 1. The number of ether oxygens (including phenoxy) is 6. The lowest BCUT2D eigenvalue weighted by Crippen LogP contribution is -2.79. The highest BCUT2D eigenvalue weighted by Crippen LogP contribution is 2.62. The fourth-order valence-electron chi connectivity index (χ4n) is 7.54. The Hall–Kier alpha value is -4.77. The van der Waals surface area contributed by atoms with Crippen molar-refractivity contribution in [1.82, 2.24) is 5.32 Å². The van der Waals surface area contributed by atoms with E-state index in [4.69, 9.17) is 28.4 Å². The van der Waals surface area contributed by atoms with Gasteiger partial charge >= 0.3 is 5.97 Å². The number of methoxy groups -OCH3 is 1. The molecule has 0 amide bonds. The van der Waals surface area contributed by atoms with E-state index in [9.17, 15) is 35.4 Å². The quantitative estimate of drug-likeness (QED) is 0.0950. The molecular formula is C35H36N2O13. The average Bonchev–Trinajstić information content (AvgIpc) is 3.49. The Morgan fingerprint density at radius 1 is 1.14 bits per heavy atom. The summed E-state index contributed by atoms with van der Waals surface area (Å²) < 4.78 is 37.2. The number of aromatic hydroxyl groups is 1. The lowest BCUT2D eigenvalue weighted by molar-refractivity contribution is -0.356. The number of phenols is 1. The molecule has 8 N–H and O–H groups in total. The maximum absolute atomic E-state index is 12.4. The fraction of sp³-hybridized carbons (Fsp3) is 0.400. The maximum atomic E-state index is 12.4. The first kappa shape index (κ1) is 32.4. The Labute approximate surface area is 285 Å². The van der Waals surface area contributed by atoms with E-state index >= 15 is 0 Å². The monoisotopic (exact) mass is 692 g/mol. The molecule has 0 radical (unpaired) electrons. The first-order chi connectivity index (χ1) is 24.0. The molecule has 9 atom stereocenters. The normalized spacial score (nSPS) is 31.6. The second kappa shape index (κ2) is 11.7. The predicted octanol–water partition coefficient (Wildman–Crippen LogP) is 1.36. The molecule has 15 heteroatoms. The molecular weight excluding hydrogens is 656 g/mol. The summed E-state index contributed by atoms with van der Waals surface area (Å²) in [7, 11) is 1.52. The Morgan fingerprint density at radius 3 is 2.70 bits per heavy atom. The van der Waals surface area contributed by atoms with E-state index < -0.39 is 53.9 Å². The summed E-state index contributed by atoms with van der Waals surface area (Å²) >= 11 is 0. The average molecular weight is 693 g/mol. The summed E-state index contributed by atoms with van der Waals surface area (Å²) in [6, 6.07) is 10.8. The first-order valence-electron chi connectivity index (χ1n) is 16.1. The van der Waals surface area contributed by atoms with Crippen LogP contribution in [0, 0.1) is 0 Å². The van der Waals surface area contributed by atoms with Crippen molar-refractivity contribution < 1.29 is 63.9 Å². The summed E-state index contributed by atoms with van der Waals surface area (Å²) in [6.45, 7) is 2.31. The Morgan fingerprint density at radius 2 is 1.96 bits per heavy atom. The largest absolute Gasteiger partial charge is 0.508 e. The van der Waals surface area contributed by atoms with Gasteiger partial charge in [0.15, 0.2) is 29.1 Å². The molecule has 50 heavy (non-hydrogen) atoms. The van der Waals surface area contributed by atoms with Gasteiger partial charge in [-0.1, -0.05) is 24.3 Å². The van der Waals surface area contributed by atoms with Crippen LogP contribution in [0.1, 0.15) is 30.1 Å². The Bertz CT molecular complexity index is 1900. The number of hydrogen-bond donors (Lipinski definition) is 8. The summed E-state index contributed by atoms with van der Waals surface area (Å²) in [6.07, 6.45) is -4.39. The minimum atomic E-state index is -2.39. The molecule has 0 aliphatic carbocycles. The van der Waals surface area contributed by atoms with Gasteiger partial charge in [-0.2, -0.15) is 0 Å². The summed E-state index contributed by atoms with van der Waals surface area (Å²) in [5.41, 5.74) is 0.530. The van der Waals surface area contributed by atoms with Crippen LogP contribution in [0.4, 0.5) is 5.69 Å². The summed E-state index contributed by atoms with van der Waals surface area (Å²) in [5.74, 6) is -2.27. The van der Waals surface area contributed by atoms with Crippen LogP contribution >= 0.6 is 0 Å². The third-order valence-corrected chi connectivity index (χ3v) is 9.92. The number of aliphatic hydroxyl groups excluding tert-OH is 4. The number of phenolic OH excluding ortho intramolecular Hbond substituents is 1. The smallest absolute Gasteiger partial charge is 0.343 e. The first-order valence-corrected chi connectivity index (χ1v) is 16.1. The molecule has 0 saturated carbocycles. The van der Waals surface area contributed by atoms with Gasteiger partial charge in [-0.25, -0.2) is 4.79 Å². The van der Waals surface area contributed by atoms with Gasteiger partial charge in [0.25, 0.3) is 5.79 Å². The number of rotatable bonds is 8. The zero-order chi connectivity index (χ0) is 35.1. The van der Waals surface area contributed by atoms with E-state index in [-0.39, 0.29) is 30.8 Å². The number of carbonyl (C=O) groups is 1. The molecule has 1 fully saturated rings. The highest BCUT2D eigenvalue weighted by Gasteiger charge is 2.70. The molecule has 0 unspecified atom stereocenters. The van der Waals surface area contributed by atoms with Gasteiger partial charge in [0, 0.05) is 17.7 Å².